The third kappa shape index (κ3) is 15.7. The van der Waals surface area contributed by atoms with E-state index >= 15 is 0 Å². The van der Waals surface area contributed by atoms with Gasteiger partial charge in [0.15, 0.2) is 0 Å². The molecule has 0 heterocycles. The molecule has 0 fully saturated rings. The van der Waals surface area contributed by atoms with Gasteiger partial charge in [-0.2, -0.15) is 0 Å². The van der Waals surface area contributed by atoms with Crippen LogP contribution in [-0.2, 0) is 9.53 Å². The molecule has 0 N–H and O–H groups in total. The standard InChI is InChI=1S/C36H58F2O2/c1-7-8-9-10-11-12-13-14-15-16-17-18-19-23-34(39)40-29-26-31(3)22-20-21-30(2)24-25-33-32(4)36(37,38)28-27-35(33,5)6/h20-22,24-26H,7-19,23,27-29H2,1-6H3. The van der Waals surface area contributed by atoms with Crippen LogP contribution >= 0.6 is 0 Å². The lowest BCUT2D eigenvalue weighted by Crippen LogP contribution is -2.31. The monoisotopic (exact) mass is 560 g/mol. The Labute approximate surface area is 245 Å². The number of carbonyl (C=O) groups is 1. The lowest BCUT2D eigenvalue weighted by molar-refractivity contribution is -0.142. The fraction of sp³-hybridized carbons (Fsp3) is 0.694. The van der Waals surface area contributed by atoms with Gasteiger partial charge in [0.1, 0.15) is 6.61 Å². The van der Waals surface area contributed by atoms with Crippen LogP contribution in [0, 0.1) is 5.41 Å². The first kappa shape index (κ1) is 36.1. The van der Waals surface area contributed by atoms with Gasteiger partial charge in [0.05, 0.1) is 0 Å². The van der Waals surface area contributed by atoms with Gasteiger partial charge in [0.2, 0.25) is 0 Å². The van der Waals surface area contributed by atoms with Crippen LogP contribution in [0.1, 0.15) is 144 Å². The first-order valence-electron chi connectivity index (χ1n) is 15.9. The third-order valence-electron chi connectivity index (χ3n) is 8.11. The third-order valence-corrected chi connectivity index (χ3v) is 8.11. The molecule has 1 aliphatic rings. The van der Waals surface area contributed by atoms with E-state index in [9.17, 15) is 13.6 Å². The molecule has 1 rings (SSSR count). The molecule has 0 aromatic rings. The van der Waals surface area contributed by atoms with Gasteiger partial charge >= 0.3 is 5.97 Å². The molecular weight excluding hydrogens is 502 g/mol. The average Bonchev–Trinajstić information content (AvgIpc) is 2.89. The molecular formula is C36H58F2O2. The summed E-state index contributed by atoms with van der Waals surface area (Å²) in [6, 6.07) is 0. The number of hydrogen-bond acceptors (Lipinski definition) is 2. The fourth-order valence-corrected chi connectivity index (χ4v) is 5.16. The van der Waals surface area contributed by atoms with Gasteiger partial charge in [-0.3, -0.25) is 4.79 Å². The number of hydrogen-bond donors (Lipinski definition) is 0. The summed E-state index contributed by atoms with van der Waals surface area (Å²) in [6.45, 7) is 12.1. The van der Waals surface area contributed by atoms with Crippen LogP contribution in [0.5, 0.6) is 0 Å². The molecule has 40 heavy (non-hydrogen) atoms. The van der Waals surface area contributed by atoms with E-state index in [1.54, 1.807) is 6.92 Å². The van der Waals surface area contributed by atoms with Crippen molar-refractivity contribution in [2.75, 3.05) is 6.61 Å². The van der Waals surface area contributed by atoms with Crippen LogP contribution in [-0.4, -0.2) is 18.5 Å². The van der Waals surface area contributed by atoms with Crippen molar-refractivity contribution < 1.29 is 18.3 Å². The molecule has 0 saturated heterocycles. The minimum Gasteiger partial charge on any atom is -0.461 e. The Morgan fingerprint density at radius 2 is 1.38 bits per heavy atom. The average molecular weight is 561 g/mol. The number of ether oxygens (including phenoxy) is 1. The second kappa shape index (κ2) is 20.0. The largest absolute Gasteiger partial charge is 0.461 e. The number of rotatable bonds is 20. The molecule has 0 amide bonds. The summed E-state index contributed by atoms with van der Waals surface area (Å²) in [5.74, 6) is -2.84. The van der Waals surface area contributed by atoms with E-state index < -0.39 is 5.92 Å². The summed E-state index contributed by atoms with van der Waals surface area (Å²) >= 11 is 0. The van der Waals surface area contributed by atoms with Crippen LogP contribution in [0.2, 0.25) is 0 Å². The molecule has 0 radical (unpaired) electrons. The van der Waals surface area contributed by atoms with E-state index in [0.717, 1.165) is 29.6 Å². The van der Waals surface area contributed by atoms with Gasteiger partial charge < -0.3 is 4.74 Å². The molecule has 0 spiro atoms. The molecule has 0 aliphatic heterocycles. The zero-order valence-electron chi connectivity index (χ0n) is 26.6. The first-order chi connectivity index (χ1) is 19.0. The van der Waals surface area contributed by atoms with E-state index in [-0.39, 0.29) is 30.0 Å². The first-order valence-corrected chi connectivity index (χ1v) is 15.9. The zero-order chi connectivity index (χ0) is 29.9. The Balaban J connectivity index is 2.22. The van der Waals surface area contributed by atoms with Gasteiger partial charge in [-0.1, -0.05) is 139 Å². The molecule has 0 unspecified atom stereocenters. The van der Waals surface area contributed by atoms with E-state index in [1.165, 1.54) is 70.6 Å². The number of esters is 1. The smallest absolute Gasteiger partial charge is 0.306 e. The molecule has 0 aromatic heterocycles. The molecule has 2 nitrogen and oxygen atoms in total. The van der Waals surface area contributed by atoms with Crippen molar-refractivity contribution >= 4 is 5.97 Å². The molecule has 0 bridgehead atoms. The summed E-state index contributed by atoms with van der Waals surface area (Å²) < 4.78 is 33.7. The van der Waals surface area contributed by atoms with Crippen LogP contribution in [0.25, 0.3) is 0 Å². The Bertz CT molecular complexity index is 886. The van der Waals surface area contributed by atoms with E-state index in [2.05, 4.69) is 6.92 Å². The Morgan fingerprint density at radius 3 is 1.95 bits per heavy atom. The second-order valence-corrected chi connectivity index (χ2v) is 12.4. The van der Waals surface area contributed by atoms with Gasteiger partial charge in [-0.15, -0.1) is 0 Å². The highest BCUT2D eigenvalue weighted by molar-refractivity contribution is 5.69. The van der Waals surface area contributed by atoms with Crippen molar-refractivity contribution in [2.45, 2.75) is 150 Å². The minimum absolute atomic E-state index is 0.0822. The van der Waals surface area contributed by atoms with Gasteiger partial charge in [0, 0.05) is 12.8 Å². The molecule has 0 aromatic carbocycles. The molecule has 0 atom stereocenters. The van der Waals surface area contributed by atoms with Crippen molar-refractivity contribution in [3.8, 4) is 0 Å². The van der Waals surface area contributed by atoms with E-state index in [4.69, 9.17) is 4.74 Å². The number of alkyl halides is 2. The van der Waals surface area contributed by atoms with Crippen molar-refractivity contribution in [1.29, 1.82) is 0 Å². The van der Waals surface area contributed by atoms with E-state index in [0.29, 0.717) is 12.8 Å². The van der Waals surface area contributed by atoms with Crippen molar-refractivity contribution in [1.82, 2.24) is 0 Å². The van der Waals surface area contributed by atoms with Crippen molar-refractivity contribution in [3.63, 3.8) is 0 Å². The lowest BCUT2D eigenvalue weighted by atomic mass is 9.71. The van der Waals surface area contributed by atoms with Crippen LogP contribution < -0.4 is 0 Å². The van der Waals surface area contributed by atoms with Crippen LogP contribution in [0.3, 0.4) is 0 Å². The number of halogens is 2. The summed E-state index contributed by atoms with van der Waals surface area (Å²) in [4.78, 5) is 12.0. The highest BCUT2D eigenvalue weighted by Gasteiger charge is 2.42. The number of allylic oxidation sites excluding steroid dienone is 9. The van der Waals surface area contributed by atoms with Crippen molar-refractivity contribution in [2.24, 2.45) is 5.41 Å². The predicted octanol–water partition coefficient (Wildman–Crippen LogP) is 11.8. The van der Waals surface area contributed by atoms with Crippen molar-refractivity contribution in [3.05, 3.63) is 58.7 Å². The second-order valence-electron chi connectivity index (χ2n) is 12.4. The fourth-order valence-electron chi connectivity index (χ4n) is 5.16. The molecule has 0 saturated carbocycles. The normalized spacial score (nSPS) is 17.8. The predicted molar refractivity (Wildman–Crippen MR) is 168 cm³/mol. The maximum absolute atomic E-state index is 14.2. The van der Waals surface area contributed by atoms with Gasteiger partial charge in [-0.25, -0.2) is 8.78 Å². The maximum Gasteiger partial charge on any atom is 0.306 e. The summed E-state index contributed by atoms with van der Waals surface area (Å²) in [5.41, 5.74) is 2.66. The van der Waals surface area contributed by atoms with Gasteiger partial charge in [-0.05, 0) is 56.3 Å². The number of unbranched alkanes of at least 4 members (excludes halogenated alkanes) is 12. The maximum atomic E-state index is 14.2. The topological polar surface area (TPSA) is 26.3 Å². The van der Waals surface area contributed by atoms with Crippen LogP contribution in [0.4, 0.5) is 8.78 Å². The quantitative estimate of drug-likeness (QED) is 0.0841. The van der Waals surface area contributed by atoms with E-state index in [1.807, 2.05) is 64.2 Å². The zero-order valence-corrected chi connectivity index (χ0v) is 26.6. The summed E-state index contributed by atoms with van der Waals surface area (Å²) in [6.07, 6.45) is 29.2. The highest BCUT2D eigenvalue weighted by atomic mass is 19.3. The van der Waals surface area contributed by atoms with Gasteiger partial charge in [0.25, 0.3) is 5.92 Å². The molecule has 4 heteroatoms. The summed E-state index contributed by atoms with van der Waals surface area (Å²) in [7, 11) is 0. The Hall–Kier alpha value is -1.97. The van der Waals surface area contributed by atoms with Crippen LogP contribution in [0.15, 0.2) is 58.7 Å². The summed E-state index contributed by atoms with van der Waals surface area (Å²) in [5, 5.41) is 0. The SMILES string of the molecule is CCCCCCCCCCCCCCCC(=O)OCC=C(C)C=CC=C(C)C=CC1=C(C)C(F)(F)CCC1(C)C. The Morgan fingerprint density at radius 1 is 0.825 bits per heavy atom. The molecule has 228 valence electrons. The minimum atomic E-state index is -2.72. The lowest BCUT2D eigenvalue weighted by Gasteiger charge is -2.37. The molecule has 1 aliphatic carbocycles. The number of carbonyl (C=O) groups excluding carboxylic acids is 1. The Kier molecular flexibility index (Phi) is 18.0. The highest BCUT2D eigenvalue weighted by Crippen LogP contribution is 2.47.